The Morgan fingerprint density at radius 1 is 1.43 bits per heavy atom. The smallest absolute Gasteiger partial charge is 0.244 e. The lowest BCUT2D eigenvalue weighted by Gasteiger charge is -2.30. The van der Waals surface area contributed by atoms with Crippen LogP contribution in [0.25, 0.3) is 0 Å². The van der Waals surface area contributed by atoms with Gasteiger partial charge in [-0.25, -0.2) is 8.42 Å². The Morgan fingerprint density at radius 2 is 2.14 bits per heavy atom. The summed E-state index contributed by atoms with van der Waals surface area (Å²) in [7, 11) is -1.57. The van der Waals surface area contributed by atoms with Crippen LogP contribution in [0, 0.1) is 12.8 Å². The molecule has 0 saturated carbocycles. The average molecular weight is 375 g/mol. The molecule has 0 bridgehead atoms. The van der Waals surface area contributed by atoms with Crippen LogP contribution in [0.3, 0.4) is 0 Å². The van der Waals surface area contributed by atoms with Gasteiger partial charge >= 0.3 is 0 Å². The number of piperidine rings is 1. The van der Waals surface area contributed by atoms with Crippen LogP contribution in [0.1, 0.15) is 30.9 Å². The number of halogens is 1. The van der Waals surface area contributed by atoms with Crippen LogP contribution in [0.15, 0.2) is 21.5 Å². The molecule has 1 fully saturated rings. The molecule has 118 valence electrons. The lowest BCUT2D eigenvalue weighted by Crippen LogP contribution is -2.39. The molecule has 6 heteroatoms. The van der Waals surface area contributed by atoms with E-state index < -0.39 is 10.0 Å². The van der Waals surface area contributed by atoms with Crippen molar-refractivity contribution in [2.45, 2.75) is 38.1 Å². The Morgan fingerprint density at radius 3 is 2.76 bits per heavy atom. The van der Waals surface area contributed by atoms with Gasteiger partial charge in [-0.05, 0) is 65.9 Å². The number of nitrogens with one attached hydrogen (secondary N) is 1. The zero-order chi connectivity index (χ0) is 15.6. The summed E-state index contributed by atoms with van der Waals surface area (Å²) in [5.74, 6) is 0.425. The van der Waals surface area contributed by atoms with Gasteiger partial charge < -0.3 is 5.32 Å². The summed E-state index contributed by atoms with van der Waals surface area (Å²) in [4.78, 5) is 0.391. The zero-order valence-electron chi connectivity index (χ0n) is 12.8. The second-order valence-electron chi connectivity index (χ2n) is 5.87. The highest BCUT2D eigenvalue weighted by atomic mass is 79.9. The van der Waals surface area contributed by atoms with Crippen LogP contribution in [0.2, 0.25) is 0 Å². The van der Waals surface area contributed by atoms with E-state index in [1.165, 1.54) is 0 Å². The van der Waals surface area contributed by atoms with E-state index in [4.69, 9.17) is 0 Å². The van der Waals surface area contributed by atoms with Crippen LogP contribution >= 0.6 is 15.9 Å². The van der Waals surface area contributed by atoms with Crippen molar-refractivity contribution in [3.05, 3.63) is 27.7 Å². The van der Waals surface area contributed by atoms with Crippen molar-refractivity contribution in [1.82, 2.24) is 9.62 Å². The Labute approximate surface area is 136 Å². The van der Waals surface area contributed by atoms with Gasteiger partial charge in [0.05, 0.1) is 4.90 Å². The molecule has 1 saturated heterocycles. The zero-order valence-corrected chi connectivity index (χ0v) is 15.2. The molecule has 0 aromatic heterocycles. The molecule has 21 heavy (non-hydrogen) atoms. The number of sulfonamides is 1. The fourth-order valence-corrected chi connectivity index (χ4v) is 5.44. The number of benzene rings is 1. The summed E-state index contributed by atoms with van der Waals surface area (Å²) in [6, 6.07) is 3.79. The molecule has 2 rings (SSSR count). The minimum atomic E-state index is -3.43. The van der Waals surface area contributed by atoms with Crippen molar-refractivity contribution < 1.29 is 8.42 Å². The number of hydrogen-bond donors (Lipinski definition) is 1. The highest BCUT2D eigenvalue weighted by molar-refractivity contribution is 9.10. The molecule has 0 spiro atoms. The minimum Gasteiger partial charge on any atom is -0.316 e. The average Bonchev–Trinajstić information content (AvgIpc) is 2.42. The SMILES string of the molecule is CNCc1cc(C)c(Br)c(S(=O)(=O)N2CCCC(C)C2)c1. The molecule has 1 aliphatic rings. The molecule has 0 aliphatic carbocycles. The normalized spacial score (nSPS) is 20.7. The largest absolute Gasteiger partial charge is 0.316 e. The third kappa shape index (κ3) is 3.67. The van der Waals surface area contributed by atoms with E-state index in [1.807, 2.05) is 20.0 Å². The highest BCUT2D eigenvalue weighted by Gasteiger charge is 2.30. The fraction of sp³-hybridized carbons (Fsp3) is 0.600. The molecule has 0 amide bonds. The standard InChI is InChI=1S/C15H23BrN2O2S/c1-11-5-4-6-18(10-11)21(19,20)14-8-13(9-17-3)7-12(2)15(14)16/h7-8,11,17H,4-6,9-10H2,1-3H3. The van der Waals surface area contributed by atoms with Crippen molar-refractivity contribution in [3.63, 3.8) is 0 Å². The van der Waals surface area contributed by atoms with Gasteiger partial charge in [-0.15, -0.1) is 0 Å². The second-order valence-corrected chi connectivity index (χ2v) is 8.56. The molecular formula is C15H23BrN2O2S. The third-order valence-electron chi connectivity index (χ3n) is 3.90. The van der Waals surface area contributed by atoms with Gasteiger partial charge in [0.25, 0.3) is 0 Å². The van der Waals surface area contributed by atoms with Gasteiger partial charge in [-0.1, -0.05) is 13.0 Å². The lowest BCUT2D eigenvalue weighted by molar-refractivity contribution is 0.281. The van der Waals surface area contributed by atoms with Crippen molar-refractivity contribution in [1.29, 1.82) is 0 Å². The fourth-order valence-electron chi connectivity index (χ4n) is 2.81. The quantitative estimate of drug-likeness (QED) is 0.881. The Hall–Kier alpha value is -0.430. The van der Waals surface area contributed by atoms with Crippen molar-refractivity contribution >= 4 is 26.0 Å². The van der Waals surface area contributed by atoms with E-state index >= 15 is 0 Å². The first-order valence-corrected chi connectivity index (χ1v) is 9.53. The predicted molar refractivity (Wildman–Crippen MR) is 88.8 cm³/mol. The summed E-state index contributed by atoms with van der Waals surface area (Å²) >= 11 is 3.46. The Bertz CT molecular complexity index is 616. The highest BCUT2D eigenvalue weighted by Crippen LogP contribution is 2.31. The van der Waals surface area contributed by atoms with Crippen molar-refractivity contribution in [3.8, 4) is 0 Å². The lowest BCUT2D eigenvalue weighted by atomic mass is 10.0. The molecule has 1 atom stereocenters. The van der Waals surface area contributed by atoms with Crippen LogP contribution < -0.4 is 5.32 Å². The van der Waals surface area contributed by atoms with E-state index in [-0.39, 0.29) is 0 Å². The second kappa shape index (κ2) is 6.77. The summed E-state index contributed by atoms with van der Waals surface area (Å²) in [5.41, 5.74) is 1.94. The number of aryl methyl sites for hydroxylation is 1. The van der Waals surface area contributed by atoms with Gasteiger partial charge in [-0.2, -0.15) is 4.31 Å². The van der Waals surface area contributed by atoms with Gasteiger partial charge in [0, 0.05) is 24.1 Å². The topological polar surface area (TPSA) is 49.4 Å². The molecule has 1 unspecified atom stereocenters. The third-order valence-corrected chi connectivity index (χ3v) is 7.10. The molecule has 1 aromatic carbocycles. The van der Waals surface area contributed by atoms with E-state index in [2.05, 4.69) is 28.2 Å². The number of nitrogens with zero attached hydrogens (tertiary/aromatic N) is 1. The van der Waals surface area contributed by atoms with E-state index in [9.17, 15) is 8.42 Å². The molecule has 1 N–H and O–H groups in total. The molecule has 1 aliphatic heterocycles. The molecule has 0 radical (unpaired) electrons. The maximum absolute atomic E-state index is 12.9. The van der Waals surface area contributed by atoms with Crippen LogP contribution in [-0.2, 0) is 16.6 Å². The first-order chi connectivity index (χ1) is 9.86. The Balaban J connectivity index is 2.43. The van der Waals surface area contributed by atoms with Crippen LogP contribution in [0.5, 0.6) is 0 Å². The monoisotopic (exact) mass is 374 g/mol. The summed E-state index contributed by atoms with van der Waals surface area (Å²) in [6.45, 7) is 5.94. The summed E-state index contributed by atoms with van der Waals surface area (Å²) in [5, 5.41) is 3.07. The van der Waals surface area contributed by atoms with Crippen molar-refractivity contribution in [2.75, 3.05) is 20.1 Å². The number of rotatable bonds is 4. The van der Waals surface area contributed by atoms with Crippen LogP contribution in [-0.4, -0.2) is 32.9 Å². The summed E-state index contributed by atoms with van der Waals surface area (Å²) in [6.07, 6.45) is 2.04. The maximum atomic E-state index is 12.9. The first kappa shape index (κ1) is 16.9. The van der Waals surface area contributed by atoms with E-state index in [0.29, 0.717) is 34.9 Å². The van der Waals surface area contributed by atoms with E-state index in [0.717, 1.165) is 24.0 Å². The van der Waals surface area contributed by atoms with Gasteiger partial charge in [0.1, 0.15) is 0 Å². The minimum absolute atomic E-state index is 0.391. The van der Waals surface area contributed by atoms with Crippen LogP contribution in [0.4, 0.5) is 0 Å². The van der Waals surface area contributed by atoms with Gasteiger partial charge in [-0.3, -0.25) is 0 Å². The molecular weight excluding hydrogens is 352 g/mol. The van der Waals surface area contributed by atoms with Crippen molar-refractivity contribution in [2.24, 2.45) is 5.92 Å². The molecule has 4 nitrogen and oxygen atoms in total. The molecule has 1 heterocycles. The molecule has 1 aromatic rings. The van der Waals surface area contributed by atoms with Gasteiger partial charge in [0.2, 0.25) is 10.0 Å². The predicted octanol–water partition coefficient (Wildman–Crippen LogP) is 2.90. The van der Waals surface area contributed by atoms with E-state index in [1.54, 1.807) is 10.4 Å². The summed E-state index contributed by atoms with van der Waals surface area (Å²) < 4.78 is 28.2. The number of hydrogen-bond acceptors (Lipinski definition) is 3. The van der Waals surface area contributed by atoms with Gasteiger partial charge in [0.15, 0.2) is 0 Å². The first-order valence-electron chi connectivity index (χ1n) is 7.30. The Kier molecular flexibility index (Phi) is 5.46. The maximum Gasteiger partial charge on any atom is 0.244 e.